The first-order chi connectivity index (χ1) is 13.0. The highest BCUT2D eigenvalue weighted by Gasteiger charge is 2.23. The third kappa shape index (κ3) is 4.30. The SMILES string of the molecule is CC[C@@H](C)[C@@H](NC(=O)CCc1n[nH]c(=O)[nH]c1=O)c1nc2ccccc2[nH]1. The number of fused-ring (bicyclic) bond motifs is 1. The number of nitrogens with zero attached hydrogens (tertiary/aromatic N) is 2. The fourth-order valence-electron chi connectivity index (χ4n) is 2.85. The Morgan fingerprint density at radius 3 is 2.70 bits per heavy atom. The summed E-state index contributed by atoms with van der Waals surface area (Å²) >= 11 is 0. The summed E-state index contributed by atoms with van der Waals surface area (Å²) in [6.45, 7) is 4.10. The Hall–Kier alpha value is -3.23. The van der Waals surface area contributed by atoms with E-state index in [-0.39, 0.29) is 36.4 Å². The summed E-state index contributed by atoms with van der Waals surface area (Å²) in [7, 11) is 0. The molecule has 0 unspecified atom stereocenters. The number of imidazole rings is 1. The Morgan fingerprint density at radius 2 is 2.00 bits per heavy atom. The molecule has 0 saturated heterocycles. The van der Waals surface area contributed by atoms with Crippen LogP contribution in [0.1, 0.15) is 44.2 Å². The smallest absolute Gasteiger partial charge is 0.342 e. The summed E-state index contributed by atoms with van der Waals surface area (Å²) in [5.41, 5.74) is 0.629. The first-order valence-electron chi connectivity index (χ1n) is 8.89. The maximum absolute atomic E-state index is 12.4. The van der Waals surface area contributed by atoms with E-state index in [4.69, 9.17) is 0 Å². The zero-order valence-electron chi connectivity index (χ0n) is 15.2. The lowest BCUT2D eigenvalue weighted by molar-refractivity contribution is -0.122. The third-order valence-electron chi connectivity index (χ3n) is 4.60. The monoisotopic (exact) mass is 370 g/mol. The van der Waals surface area contributed by atoms with E-state index in [1.807, 2.05) is 31.2 Å². The van der Waals surface area contributed by atoms with Gasteiger partial charge in [0.2, 0.25) is 5.91 Å². The quantitative estimate of drug-likeness (QED) is 0.495. The third-order valence-corrected chi connectivity index (χ3v) is 4.60. The molecule has 0 spiro atoms. The lowest BCUT2D eigenvalue weighted by Gasteiger charge is -2.22. The van der Waals surface area contributed by atoms with E-state index in [9.17, 15) is 14.4 Å². The van der Waals surface area contributed by atoms with E-state index < -0.39 is 11.2 Å². The zero-order chi connectivity index (χ0) is 19.4. The number of nitrogens with one attached hydrogen (secondary N) is 4. The van der Waals surface area contributed by atoms with Crippen LogP contribution in [0.3, 0.4) is 0 Å². The molecule has 0 aliphatic heterocycles. The second-order valence-corrected chi connectivity index (χ2v) is 6.52. The van der Waals surface area contributed by atoms with Crippen LogP contribution in [0.4, 0.5) is 0 Å². The minimum atomic E-state index is -0.671. The highest BCUT2D eigenvalue weighted by molar-refractivity contribution is 5.77. The minimum Gasteiger partial charge on any atom is -0.346 e. The van der Waals surface area contributed by atoms with Gasteiger partial charge in [-0.2, -0.15) is 5.10 Å². The normalized spacial score (nSPS) is 13.4. The molecule has 0 aliphatic carbocycles. The van der Waals surface area contributed by atoms with Gasteiger partial charge in [-0.05, 0) is 18.1 Å². The fourth-order valence-corrected chi connectivity index (χ4v) is 2.85. The highest BCUT2D eigenvalue weighted by atomic mass is 16.2. The van der Waals surface area contributed by atoms with Crippen molar-refractivity contribution in [2.45, 2.75) is 39.2 Å². The van der Waals surface area contributed by atoms with Crippen LogP contribution in [0, 0.1) is 5.92 Å². The molecule has 2 heterocycles. The molecule has 9 heteroatoms. The van der Waals surface area contributed by atoms with Crippen molar-refractivity contribution in [1.82, 2.24) is 30.5 Å². The minimum absolute atomic E-state index is 0.0787. The molecular weight excluding hydrogens is 348 g/mol. The van der Waals surface area contributed by atoms with Crippen molar-refractivity contribution in [2.75, 3.05) is 0 Å². The van der Waals surface area contributed by atoms with E-state index in [0.717, 1.165) is 17.5 Å². The van der Waals surface area contributed by atoms with Crippen molar-refractivity contribution < 1.29 is 4.79 Å². The zero-order valence-corrected chi connectivity index (χ0v) is 15.2. The van der Waals surface area contributed by atoms with Crippen molar-refractivity contribution in [1.29, 1.82) is 0 Å². The molecule has 0 aliphatic rings. The molecule has 0 radical (unpaired) electrons. The van der Waals surface area contributed by atoms with Gasteiger partial charge in [0.15, 0.2) is 0 Å². The summed E-state index contributed by atoms with van der Waals surface area (Å²) in [6.07, 6.45) is 1.07. The van der Waals surface area contributed by atoms with Crippen molar-refractivity contribution in [3.05, 3.63) is 56.6 Å². The van der Waals surface area contributed by atoms with Gasteiger partial charge in [-0.3, -0.25) is 14.6 Å². The largest absolute Gasteiger partial charge is 0.346 e. The molecule has 3 rings (SSSR count). The van der Waals surface area contributed by atoms with Gasteiger partial charge in [-0.25, -0.2) is 14.9 Å². The Bertz CT molecular complexity index is 1020. The molecule has 4 N–H and O–H groups in total. The van der Waals surface area contributed by atoms with E-state index >= 15 is 0 Å². The number of H-pyrrole nitrogens is 3. The molecule has 27 heavy (non-hydrogen) atoms. The number of carbonyl (C=O) groups excluding carboxylic acids is 1. The Labute approximate surface area is 154 Å². The second kappa shape index (κ2) is 7.98. The molecular formula is C18H22N6O3. The van der Waals surface area contributed by atoms with Crippen LogP contribution in [-0.4, -0.2) is 31.1 Å². The van der Waals surface area contributed by atoms with Gasteiger partial charge in [0.05, 0.1) is 17.1 Å². The van der Waals surface area contributed by atoms with Gasteiger partial charge in [0.25, 0.3) is 5.56 Å². The van der Waals surface area contributed by atoms with Crippen molar-refractivity contribution >= 4 is 16.9 Å². The van der Waals surface area contributed by atoms with Gasteiger partial charge in [0.1, 0.15) is 11.5 Å². The first-order valence-corrected chi connectivity index (χ1v) is 8.89. The summed E-state index contributed by atoms with van der Waals surface area (Å²) < 4.78 is 0. The molecule has 9 nitrogen and oxygen atoms in total. The molecule has 3 aromatic rings. The molecule has 0 fully saturated rings. The van der Waals surface area contributed by atoms with Crippen LogP contribution in [0.5, 0.6) is 0 Å². The molecule has 142 valence electrons. The van der Waals surface area contributed by atoms with Crippen molar-refractivity contribution in [3.8, 4) is 0 Å². The average Bonchev–Trinajstić information content (AvgIpc) is 3.08. The van der Waals surface area contributed by atoms with E-state index in [0.29, 0.717) is 5.82 Å². The number of aryl methyl sites for hydroxylation is 1. The molecule has 1 aromatic carbocycles. The van der Waals surface area contributed by atoms with E-state index in [1.165, 1.54) is 0 Å². The predicted octanol–water partition coefficient (Wildman–Crippen LogP) is 1.17. The summed E-state index contributed by atoms with van der Waals surface area (Å²) in [4.78, 5) is 45.1. The van der Waals surface area contributed by atoms with Gasteiger partial charge in [0, 0.05) is 12.8 Å². The van der Waals surface area contributed by atoms with Crippen LogP contribution in [0.15, 0.2) is 33.9 Å². The maximum atomic E-state index is 12.4. The number of hydrogen-bond donors (Lipinski definition) is 4. The standard InChI is InChI=1S/C18H22N6O3/c1-3-10(2)15(16-19-11-6-4-5-7-12(11)20-16)21-14(25)9-8-13-17(26)22-18(27)24-23-13/h4-7,10,15H,3,8-9H2,1-2H3,(H,19,20)(H,21,25)(H2,22,24,26,27)/t10-,15-/m1/s1. The Morgan fingerprint density at radius 1 is 1.22 bits per heavy atom. The van der Waals surface area contributed by atoms with Crippen molar-refractivity contribution in [3.63, 3.8) is 0 Å². The first kappa shape index (κ1) is 18.6. The van der Waals surface area contributed by atoms with E-state index in [1.54, 1.807) is 0 Å². The van der Waals surface area contributed by atoms with E-state index in [2.05, 4.69) is 37.4 Å². The number of para-hydroxylation sites is 2. The van der Waals surface area contributed by atoms with Crippen molar-refractivity contribution in [2.24, 2.45) is 5.92 Å². The van der Waals surface area contributed by atoms with Crippen LogP contribution in [0.25, 0.3) is 11.0 Å². The molecule has 1 amide bonds. The molecule has 2 atom stereocenters. The summed E-state index contributed by atoms with van der Waals surface area (Å²) in [6, 6.07) is 7.43. The van der Waals surface area contributed by atoms with Crippen LogP contribution in [-0.2, 0) is 11.2 Å². The maximum Gasteiger partial charge on any atom is 0.342 e. The highest BCUT2D eigenvalue weighted by Crippen LogP contribution is 2.24. The Balaban J connectivity index is 1.73. The summed E-state index contributed by atoms with van der Waals surface area (Å²) in [5.74, 6) is 0.663. The Kier molecular flexibility index (Phi) is 5.49. The molecule has 0 bridgehead atoms. The lowest BCUT2D eigenvalue weighted by atomic mass is 9.98. The molecule has 2 aromatic heterocycles. The van der Waals surface area contributed by atoms with Crippen LogP contribution < -0.4 is 16.6 Å². The number of aromatic amines is 3. The van der Waals surface area contributed by atoms with Crippen LogP contribution >= 0.6 is 0 Å². The topological polar surface area (TPSA) is 136 Å². The number of rotatable bonds is 7. The fraction of sp³-hybridized carbons (Fsp3) is 0.389. The number of aromatic nitrogens is 5. The van der Waals surface area contributed by atoms with Gasteiger partial charge in [-0.1, -0.05) is 32.4 Å². The number of amides is 1. The predicted molar refractivity (Wildman–Crippen MR) is 100 cm³/mol. The van der Waals surface area contributed by atoms with Gasteiger partial charge in [-0.15, -0.1) is 0 Å². The summed E-state index contributed by atoms with van der Waals surface area (Å²) in [5, 5.41) is 8.85. The number of benzene rings is 1. The lowest BCUT2D eigenvalue weighted by Crippen LogP contribution is -2.34. The average molecular weight is 370 g/mol. The number of carbonyl (C=O) groups is 1. The van der Waals surface area contributed by atoms with Crippen LogP contribution in [0.2, 0.25) is 0 Å². The molecule has 0 saturated carbocycles. The van der Waals surface area contributed by atoms with Gasteiger partial charge >= 0.3 is 5.69 Å². The second-order valence-electron chi connectivity index (χ2n) is 6.52. The van der Waals surface area contributed by atoms with Gasteiger partial charge < -0.3 is 10.3 Å². The number of hydrogen-bond acceptors (Lipinski definition) is 5.